The lowest BCUT2D eigenvalue weighted by molar-refractivity contribution is 0.627. The molecule has 0 unspecified atom stereocenters. The van der Waals surface area contributed by atoms with E-state index in [2.05, 4.69) is 31.2 Å². The van der Waals surface area contributed by atoms with Gasteiger partial charge in [-0.05, 0) is 52.2 Å². The predicted octanol–water partition coefficient (Wildman–Crippen LogP) is 4.19. The summed E-state index contributed by atoms with van der Waals surface area (Å²) >= 11 is 3.49. The van der Waals surface area contributed by atoms with Crippen molar-refractivity contribution < 1.29 is 4.39 Å². The summed E-state index contributed by atoms with van der Waals surface area (Å²) in [5, 5.41) is 4.29. The topological polar surface area (TPSA) is 37.8 Å². The zero-order chi connectivity index (χ0) is 14.7. The number of aromatic nitrogens is 2. The van der Waals surface area contributed by atoms with Crippen LogP contribution >= 0.6 is 15.9 Å². The van der Waals surface area contributed by atoms with Gasteiger partial charge in [-0.2, -0.15) is 0 Å². The summed E-state index contributed by atoms with van der Waals surface area (Å²) in [6.45, 7) is 0.726. The van der Waals surface area contributed by atoms with Gasteiger partial charge in [-0.3, -0.25) is 0 Å². The summed E-state index contributed by atoms with van der Waals surface area (Å²) in [7, 11) is 0. The first-order valence-corrected chi connectivity index (χ1v) is 7.41. The summed E-state index contributed by atoms with van der Waals surface area (Å²) in [4.78, 5) is 8.57. The average Bonchev–Trinajstić information content (AvgIpc) is 2.50. The molecule has 3 rings (SSSR count). The van der Waals surface area contributed by atoms with Crippen molar-refractivity contribution in [1.29, 1.82) is 0 Å². The maximum Gasteiger partial charge on any atom is 0.137 e. The maximum atomic E-state index is 12.8. The van der Waals surface area contributed by atoms with Gasteiger partial charge >= 0.3 is 0 Å². The zero-order valence-electron chi connectivity index (χ0n) is 11.2. The fourth-order valence-corrected chi connectivity index (χ4v) is 2.64. The minimum atomic E-state index is -0.210. The average molecular weight is 346 g/mol. The number of hydrogen-bond donors (Lipinski definition) is 1. The van der Waals surface area contributed by atoms with Crippen LogP contribution in [0, 0.1) is 5.82 Å². The van der Waals surface area contributed by atoms with Crippen molar-refractivity contribution in [3.63, 3.8) is 0 Å². The Bertz CT molecular complexity index is 759. The second-order valence-electron chi connectivity index (χ2n) is 4.66. The molecule has 0 fully saturated rings. The van der Waals surface area contributed by atoms with Crippen molar-refractivity contribution in [3.8, 4) is 0 Å². The number of para-hydroxylation sites is 1. The lowest BCUT2D eigenvalue weighted by Gasteiger charge is -2.09. The SMILES string of the molecule is Fc1ccc(CCNc2ncnc3c(Br)cccc23)cc1. The highest BCUT2D eigenvalue weighted by molar-refractivity contribution is 9.10. The zero-order valence-corrected chi connectivity index (χ0v) is 12.8. The normalized spacial score (nSPS) is 10.8. The molecule has 0 radical (unpaired) electrons. The molecule has 0 aliphatic rings. The molecule has 0 saturated carbocycles. The second kappa shape index (κ2) is 6.18. The molecule has 1 aromatic heterocycles. The molecular weight excluding hydrogens is 333 g/mol. The van der Waals surface area contributed by atoms with E-state index in [-0.39, 0.29) is 5.82 Å². The van der Waals surface area contributed by atoms with Gasteiger partial charge in [0.15, 0.2) is 0 Å². The molecule has 1 N–H and O–H groups in total. The van der Waals surface area contributed by atoms with Crippen LogP contribution in [0.1, 0.15) is 5.56 Å². The van der Waals surface area contributed by atoms with Crippen molar-refractivity contribution >= 4 is 32.7 Å². The first-order valence-electron chi connectivity index (χ1n) is 6.61. The largest absolute Gasteiger partial charge is 0.369 e. The Hall–Kier alpha value is -2.01. The maximum absolute atomic E-state index is 12.8. The van der Waals surface area contributed by atoms with Gasteiger partial charge in [0.2, 0.25) is 0 Å². The number of nitrogens with one attached hydrogen (secondary N) is 1. The Morgan fingerprint density at radius 2 is 1.86 bits per heavy atom. The number of anilines is 1. The minimum absolute atomic E-state index is 0.210. The number of rotatable bonds is 4. The molecule has 21 heavy (non-hydrogen) atoms. The monoisotopic (exact) mass is 345 g/mol. The van der Waals surface area contributed by atoms with E-state index in [1.54, 1.807) is 18.5 Å². The van der Waals surface area contributed by atoms with Crippen LogP contribution < -0.4 is 5.32 Å². The number of nitrogens with zero attached hydrogens (tertiary/aromatic N) is 2. The quantitative estimate of drug-likeness (QED) is 0.770. The highest BCUT2D eigenvalue weighted by Gasteiger charge is 2.05. The van der Waals surface area contributed by atoms with Gasteiger partial charge in [0.25, 0.3) is 0 Å². The summed E-state index contributed by atoms with van der Waals surface area (Å²) in [6, 6.07) is 12.5. The van der Waals surface area contributed by atoms with Crippen LogP contribution in [-0.2, 0) is 6.42 Å². The molecule has 0 saturated heterocycles. The summed E-state index contributed by atoms with van der Waals surface area (Å²) in [6.07, 6.45) is 2.35. The van der Waals surface area contributed by atoms with E-state index in [0.717, 1.165) is 39.7 Å². The van der Waals surface area contributed by atoms with Crippen molar-refractivity contribution in [1.82, 2.24) is 9.97 Å². The van der Waals surface area contributed by atoms with E-state index >= 15 is 0 Å². The first kappa shape index (κ1) is 13.9. The van der Waals surface area contributed by atoms with Crippen molar-refractivity contribution in [3.05, 3.63) is 64.6 Å². The van der Waals surface area contributed by atoms with Crippen molar-refractivity contribution in [2.45, 2.75) is 6.42 Å². The van der Waals surface area contributed by atoms with Crippen LogP contribution in [0.15, 0.2) is 53.3 Å². The van der Waals surface area contributed by atoms with E-state index in [0.29, 0.717) is 0 Å². The van der Waals surface area contributed by atoms with E-state index in [1.165, 1.54) is 12.1 Å². The molecule has 5 heteroatoms. The van der Waals surface area contributed by atoms with Crippen molar-refractivity contribution in [2.75, 3.05) is 11.9 Å². The van der Waals surface area contributed by atoms with E-state index in [1.807, 2.05) is 18.2 Å². The van der Waals surface area contributed by atoms with Gasteiger partial charge in [0.05, 0.1) is 5.52 Å². The van der Waals surface area contributed by atoms with Gasteiger partial charge < -0.3 is 5.32 Å². The van der Waals surface area contributed by atoms with Crippen LogP contribution in [0.25, 0.3) is 10.9 Å². The molecule has 3 nitrogen and oxygen atoms in total. The molecule has 0 aliphatic carbocycles. The number of halogens is 2. The minimum Gasteiger partial charge on any atom is -0.369 e. The number of benzene rings is 2. The van der Waals surface area contributed by atoms with Crippen LogP contribution in [0.2, 0.25) is 0 Å². The van der Waals surface area contributed by atoms with Crippen LogP contribution in [0.4, 0.5) is 10.2 Å². The fourth-order valence-electron chi connectivity index (χ4n) is 2.17. The highest BCUT2D eigenvalue weighted by atomic mass is 79.9. The Morgan fingerprint density at radius 1 is 1.05 bits per heavy atom. The molecular formula is C16H13BrFN3. The van der Waals surface area contributed by atoms with Gasteiger partial charge in [-0.15, -0.1) is 0 Å². The van der Waals surface area contributed by atoms with Gasteiger partial charge in [0.1, 0.15) is 18.0 Å². The standard InChI is InChI=1S/C16H13BrFN3/c17-14-3-1-2-13-15(14)20-10-21-16(13)19-9-8-11-4-6-12(18)7-5-11/h1-7,10H,8-9H2,(H,19,20,21). The van der Waals surface area contributed by atoms with Gasteiger partial charge in [-0.25, -0.2) is 14.4 Å². The molecule has 106 valence electrons. The van der Waals surface area contributed by atoms with Crippen LogP contribution in [-0.4, -0.2) is 16.5 Å². The molecule has 0 spiro atoms. The third kappa shape index (κ3) is 3.19. The van der Waals surface area contributed by atoms with E-state index < -0.39 is 0 Å². The van der Waals surface area contributed by atoms with Crippen molar-refractivity contribution in [2.24, 2.45) is 0 Å². The summed E-state index contributed by atoms with van der Waals surface area (Å²) in [5.74, 6) is 0.599. The number of fused-ring (bicyclic) bond motifs is 1. The van der Waals surface area contributed by atoms with Crippen LogP contribution in [0.5, 0.6) is 0 Å². The predicted molar refractivity (Wildman–Crippen MR) is 85.8 cm³/mol. The molecule has 0 aliphatic heterocycles. The Labute approximate surface area is 130 Å². The smallest absolute Gasteiger partial charge is 0.137 e. The lowest BCUT2D eigenvalue weighted by atomic mass is 10.1. The fraction of sp³-hybridized carbons (Fsp3) is 0.125. The first-order chi connectivity index (χ1) is 10.2. The van der Waals surface area contributed by atoms with Gasteiger partial charge in [0, 0.05) is 16.4 Å². The third-order valence-corrected chi connectivity index (χ3v) is 3.87. The second-order valence-corrected chi connectivity index (χ2v) is 5.52. The van der Waals surface area contributed by atoms with E-state index in [9.17, 15) is 4.39 Å². The molecule has 0 bridgehead atoms. The molecule has 0 atom stereocenters. The Balaban J connectivity index is 1.73. The summed E-state index contributed by atoms with van der Waals surface area (Å²) in [5.41, 5.74) is 1.97. The number of hydrogen-bond acceptors (Lipinski definition) is 3. The molecule has 2 aromatic carbocycles. The Kier molecular flexibility index (Phi) is 4.10. The highest BCUT2D eigenvalue weighted by Crippen LogP contribution is 2.25. The van der Waals surface area contributed by atoms with Gasteiger partial charge in [-0.1, -0.05) is 18.2 Å². The lowest BCUT2D eigenvalue weighted by Crippen LogP contribution is -2.07. The molecule has 1 heterocycles. The third-order valence-electron chi connectivity index (χ3n) is 3.23. The van der Waals surface area contributed by atoms with Crippen LogP contribution in [0.3, 0.4) is 0 Å². The summed E-state index contributed by atoms with van der Waals surface area (Å²) < 4.78 is 13.8. The molecule has 0 amide bonds. The molecule has 3 aromatic rings. The Morgan fingerprint density at radius 3 is 2.67 bits per heavy atom. The van der Waals surface area contributed by atoms with E-state index in [4.69, 9.17) is 0 Å².